The van der Waals surface area contributed by atoms with Crippen LogP contribution >= 0.6 is 0 Å². The molecule has 0 aliphatic carbocycles. The van der Waals surface area contributed by atoms with Gasteiger partial charge in [0.2, 0.25) is 0 Å². The van der Waals surface area contributed by atoms with Crippen molar-refractivity contribution in [1.29, 1.82) is 10.5 Å². The molecule has 0 fully saturated rings. The van der Waals surface area contributed by atoms with Crippen LogP contribution in [0.5, 0.6) is 0 Å². The van der Waals surface area contributed by atoms with Crippen LogP contribution in [0.4, 0.5) is 0 Å². The van der Waals surface area contributed by atoms with Gasteiger partial charge in [0, 0.05) is 5.57 Å². The van der Waals surface area contributed by atoms with Gasteiger partial charge in [-0.05, 0) is 26.0 Å². The second kappa shape index (κ2) is 3.60. The molecule has 13 heavy (non-hydrogen) atoms. The van der Waals surface area contributed by atoms with Gasteiger partial charge in [0.25, 0.3) is 0 Å². The van der Waals surface area contributed by atoms with Crippen LogP contribution in [0.1, 0.15) is 18.4 Å². The molecule has 0 spiro atoms. The molecule has 0 aromatic carbocycles. The standard InChI is InChI=1S/C10H8N2O/c1-7-3-4-10(13-7)8(2)9(5-11)6-12/h3-4H,1-2H3. The first kappa shape index (κ1) is 9.09. The molecule has 1 aromatic heterocycles. The lowest BCUT2D eigenvalue weighted by molar-refractivity contribution is 0.521. The average Bonchev–Trinajstić information content (AvgIpc) is 2.54. The van der Waals surface area contributed by atoms with E-state index in [1.54, 1.807) is 19.1 Å². The summed E-state index contributed by atoms with van der Waals surface area (Å²) >= 11 is 0. The Labute approximate surface area is 76.5 Å². The summed E-state index contributed by atoms with van der Waals surface area (Å²) in [4.78, 5) is 0. The molecule has 0 aliphatic heterocycles. The van der Waals surface area contributed by atoms with E-state index in [9.17, 15) is 0 Å². The van der Waals surface area contributed by atoms with E-state index in [0.717, 1.165) is 5.76 Å². The van der Waals surface area contributed by atoms with Crippen LogP contribution in [0.2, 0.25) is 0 Å². The number of aryl methyl sites for hydroxylation is 1. The van der Waals surface area contributed by atoms with Gasteiger partial charge >= 0.3 is 0 Å². The first-order chi connectivity index (χ1) is 6.19. The fourth-order valence-electron chi connectivity index (χ4n) is 0.952. The minimum absolute atomic E-state index is 0.0920. The van der Waals surface area contributed by atoms with Crippen molar-refractivity contribution in [2.45, 2.75) is 13.8 Å². The van der Waals surface area contributed by atoms with Crippen molar-refractivity contribution in [2.75, 3.05) is 0 Å². The van der Waals surface area contributed by atoms with Crippen LogP contribution in [-0.4, -0.2) is 0 Å². The van der Waals surface area contributed by atoms with E-state index in [1.165, 1.54) is 0 Å². The van der Waals surface area contributed by atoms with E-state index in [-0.39, 0.29) is 5.57 Å². The molecule has 0 aliphatic rings. The summed E-state index contributed by atoms with van der Waals surface area (Å²) in [5, 5.41) is 17.2. The number of furan rings is 1. The highest BCUT2D eigenvalue weighted by Crippen LogP contribution is 2.19. The minimum atomic E-state index is 0.0920. The molecule has 0 N–H and O–H groups in total. The van der Waals surface area contributed by atoms with E-state index in [4.69, 9.17) is 14.9 Å². The minimum Gasteiger partial charge on any atom is -0.462 e. The van der Waals surface area contributed by atoms with Crippen LogP contribution in [-0.2, 0) is 0 Å². The number of hydrogen-bond donors (Lipinski definition) is 0. The van der Waals surface area contributed by atoms with Gasteiger partial charge in [-0.1, -0.05) is 0 Å². The van der Waals surface area contributed by atoms with Gasteiger partial charge in [0.15, 0.2) is 0 Å². The van der Waals surface area contributed by atoms with Crippen LogP contribution in [0.25, 0.3) is 5.57 Å². The zero-order valence-electron chi connectivity index (χ0n) is 7.46. The summed E-state index contributed by atoms with van der Waals surface area (Å²) in [6, 6.07) is 7.18. The van der Waals surface area contributed by atoms with Crippen molar-refractivity contribution in [1.82, 2.24) is 0 Å². The largest absolute Gasteiger partial charge is 0.462 e. The van der Waals surface area contributed by atoms with Crippen LogP contribution in [0.3, 0.4) is 0 Å². The van der Waals surface area contributed by atoms with Crippen molar-refractivity contribution in [2.24, 2.45) is 0 Å². The smallest absolute Gasteiger partial charge is 0.136 e. The van der Waals surface area contributed by atoms with E-state index >= 15 is 0 Å². The van der Waals surface area contributed by atoms with Gasteiger partial charge in [0.05, 0.1) is 0 Å². The fraction of sp³-hybridized carbons (Fsp3) is 0.200. The molecule has 0 amide bonds. The molecule has 0 atom stereocenters. The molecule has 0 saturated carbocycles. The monoisotopic (exact) mass is 172 g/mol. The van der Waals surface area contributed by atoms with Gasteiger partial charge in [-0.3, -0.25) is 0 Å². The molecule has 0 bridgehead atoms. The molecule has 0 saturated heterocycles. The molecular weight excluding hydrogens is 164 g/mol. The lowest BCUT2D eigenvalue weighted by Crippen LogP contribution is -1.80. The Morgan fingerprint density at radius 1 is 1.31 bits per heavy atom. The number of hydrogen-bond acceptors (Lipinski definition) is 3. The second-order valence-corrected chi connectivity index (χ2v) is 2.63. The molecule has 1 heterocycles. The molecule has 3 heteroatoms. The normalized spacial score (nSPS) is 8.62. The van der Waals surface area contributed by atoms with Crippen LogP contribution < -0.4 is 0 Å². The predicted molar refractivity (Wildman–Crippen MR) is 47.3 cm³/mol. The van der Waals surface area contributed by atoms with E-state index in [2.05, 4.69) is 0 Å². The topological polar surface area (TPSA) is 60.7 Å². The molecule has 0 unspecified atom stereocenters. The second-order valence-electron chi connectivity index (χ2n) is 2.63. The van der Waals surface area contributed by atoms with Crippen molar-refractivity contribution in [3.05, 3.63) is 29.2 Å². The highest BCUT2D eigenvalue weighted by atomic mass is 16.3. The third-order valence-electron chi connectivity index (χ3n) is 1.71. The van der Waals surface area contributed by atoms with Gasteiger partial charge in [-0.25, -0.2) is 0 Å². The number of nitrogens with zero attached hydrogens (tertiary/aromatic N) is 2. The first-order valence-corrected chi connectivity index (χ1v) is 3.77. The Hall–Kier alpha value is -2.00. The first-order valence-electron chi connectivity index (χ1n) is 3.77. The van der Waals surface area contributed by atoms with Gasteiger partial charge in [0.1, 0.15) is 29.2 Å². The van der Waals surface area contributed by atoms with E-state index in [1.807, 2.05) is 19.1 Å². The number of allylic oxidation sites excluding steroid dienone is 2. The molecule has 1 rings (SSSR count). The zero-order valence-corrected chi connectivity index (χ0v) is 7.46. The summed E-state index contributed by atoms with van der Waals surface area (Å²) in [5.41, 5.74) is 0.674. The van der Waals surface area contributed by atoms with Gasteiger partial charge < -0.3 is 4.42 Å². The quantitative estimate of drug-likeness (QED) is 0.611. The summed E-state index contributed by atoms with van der Waals surface area (Å²) in [6.07, 6.45) is 0. The molecule has 1 aromatic rings. The van der Waals surface area contributed by atoms with Crippen LogP contribution in [0, 0.1) is 29.6 Å². The Balaban J connectivity index is 3.19. The van der Waals surface area contributed by atoms with Crippen molar-refractivity contribution < 1.29 is 4.42 Å². The lowest BCUT2D eigenvalue weighted by Gasteiger charge is -1.94. The molecular formula is C10H8N2O. The van der Waals surface area contributed by atoms with Crippen LogP contribution in [0.15, 0.2) is 22.1 Å². The maximum Gasteiger partial charge on any atom is 0.136 e. The maximum atomic E-state index is 8.59. The van der Waals surface area contributed by atoms with E-state index < -0.39 is 0 Å². The van der Waals surface area contributed by atoms with Crippen molar-refractivity contribution >= 4 is 5.57 Å². The Morgan fingerprint density at radius 2 is 1.92 bits per heavy atom. The Bertz CT molecular complexity index is 411. The van der Waals surface area contributed by atoms with E-state index in [0.29, 0.717) is 11.3 Å². The van der Waals surface area contributed by atoms with Crippen molar-refractivity contribution in [3.63, 3.8) is 0 Å². The highest BCUT2D eigenvalue weighted by Gasteiger charge is 2.06. The van der Waals surface area contributed by atoms with Gasteiger partial charge in [-0.2, -0.15) is 10.5 Å². The fourth-order valence-corrected chi connectivity index (χ4v) is 0.952. The third kappa shape index (κ3) is 1.77. The summed E-state index contributed by atoms with van der Waals surface area (Å²) in [5.74, 6) is 1.35. The Morgan fingerprint density at radius 3 is 2.31 bits per heavy atom. The molecule has 64 valence electrons. The highest BCUT2D eigenvalue weighted by molar-refractivity contribution is 5.70. The predicted octanol–water partition coefficient (Wildman–Crippen LogP) is 2.41. The summed E-state index contributed by atoms with van der Waals surface area (Å²) in [7, 11) is 0. The zero-order chi connectivity index (χ0) is 9.84. The number of rotatable bonds is 1. The SMILES string of the molecule is CC(=C(C#N)C#N)c1ccc(C)o1. The maximum absolute atomic E-state index is 8.59. The number of nitriles is 2. The molecule has 3 nitrogen and oxygen atoms in total. The average molecular weight is 172 g/mol. The lowest BCUT2D eigenvalue weighted by atomic mass is 10.1. The molecule has 0 radical (unpaired) electrons. The third-order valence-corrected chi connectivity index (χ3v) is 1.71. The van der Waals surface area contributed by atoms with Gasteiger partial charge in [-0.15, -0.1) is 0 Å². The summed E-state index contributed by atoms with van der Waals surface area (Å²) < 4.78 is 5.27. The summed E-state index contributed by atoms with van der Waals surface area (Å²) in [6.45, 7) is 3.51. The Kier molecular flexibility index (Phi) is 2.52. The van der Waals surface area contributed by atoms with Crippen molar-refractivity contribution in [3.8, 4) is 12.1 Å².